The van der Waals surface area contributed by atoms with Crippen LogP contribution in [0.5, 0.6) is 0 Å². The molecule has 0 atom stereocenters. The lowest BCUT2D eigenvalue weighted by atomic mass is 10.1. The van der Waals surface area contributed by atoms with E-state index in [2.05, 4.69) is 15.3 Å². The number of hydrogen-bond donors (Lipinski definition) is 3. The molecule has 0 spiro atoms. The monoisotopic (exact) mass is 295 g/mol. The maximum atomic E-state index is 12.0. The first kappa shape index (κ1) is 13.8. The molecule has 20 heavy (non-hydrogen) atoms. The van der Waals surface area contributed by atoms with Crippen LogP contribution in [0, 0.1) is 10.1 Å². The number of rotatable bonds is 4. The lowest BCUT2D eigenvalue weighted by Gasteiger charge is -2.08. The van der Waals surface area contributed by atoms with E-state index in [1.807, 2.05) is 0 Å². The van der Waals surface area contributed by atoms with Gasteiger partial charge in [-0.25, -0.2) is 4.98 Å². The maximum absolute atomic E-state index is 12.0. The molecule has 0 aliphatic rings. The highest BCUT2D eigenvalue weighted by Gasteiger charge is 2.18. The molecule has 1 heterocycles. The van der Waals surface area contributed by atoms with Gasteiger partial charge < -0.3 is 16.0 Å². The summed E-state index contributed by atoms with van der Waals surface area (Å²) in [6, 6.07) is 2.19. The Balaban J connectivity index is 2.22. The van der Waals surface area contributed by atoms with E-state index in [9.17, 15) is 14.9 Å². The molecule has 0 saturated heterocycles. The number of aromatic nitrogens is 2. The van der Waals surface area contributed by atoms with Gasteiger partial charge in [-0.05, 0) is 0 Å². The number of anilines is 1. The van der Waals surface area contributed by atoms with E-state index in [1.54, 1.807) is 6.20 Å². The smallest absolute Gasteiger partial charge is 0.271 e. The van der Waals surface area contributed by atoms with Crippen molar-refractivity contribution in [3.63, 3.8) is 0 Å². The third-order valence-corrected chi connectivity index (χ3v) is 2.88. The predicted molar refractivity (Wildman–Crippen MR) is 72.3 cm³/mol. The van der Waals surface area contributed by atoms with Crippen molar-refractivity contribution in [2.45, 2.75) is 6.54 Å². The Morgan fingerprint density at radius 3 is 2.90 bits per heavy atom. The Morgan fingerprint density at radius 2 is 2.30 bits per heavy atom. The van der Waals surface area contributed by atoms with Crippen LogP contribution in [0.1, 0.15) is 16.1 Å². The van der Waals surface area contributed by atoms with Gasteiger partial charge in [0.15, 0.2) is 0 Å². The molecule has 0 aliphatic carbocycles. The number of nitrogens with zero attached hydrogens (tertiary/aromatic N) is 2. The van der Waals surface area contributed by atoms with Gasteiger partial charge >= 0.3 is 0 Å². The van der Waals surface area contributed by atoms with Crippen molar-refractivity contribution >= 4 is 28.9 Å². The summed E-state index contributed by atoms with van der Waals surface area (Å²) in [6.45, 7) is 0.193. The molecule has 9 heteroatoms. The number of hydrogen-bond acceptors (Lipinski definition) is 5. The number of amides is 1. The zero-order valence-electron chi connectivity index (χ0n) is 10.1. The maximum Gasteiger partial charge on any atom is 0.271 e. The molecule has 8 nitrogen and oxygen atoms in total. The number of nitrogens with two attached hydrogens (primary N) is 1. The highest BCUT2D eigenvalue weighted by molar-refractivity contribution is 6.34. The SMILES string of the molecule is Nc1c(Cl)cc([N+](=O)[O-])cc1C(=O)NCc1cnc[nH]1. The second-order valence-electron chi connectivity index (χ2n) is 3.91. The first-order valence-electron chi connectivity index (χ1n) is 5.48. The highest BCUT2D eigenvalue weighted by atomic mass is 35.5. The van der Waals surface area contributed by atoms with E-state index >= 15 is 0 Å². The minimum Gasteiger partial charge on any atom is -0.397 e. The Kier molecular flexibility index (Phi) is 3.85. The molecule has 104 valence electrons. The van der Waals surface area contributed by atoms with Gasteiger partial charge in [-0.2, -0.15) is 0 Å². The largest absolute Gasteiger partial charge is 0.397 e. The molecule has 0 radical (unpaired) electrons. The molecular formula is C11H10ClN5O3. The van der Waals surface area contributed by atoms with Crippen molar-refractivity contribution in [3.8, 4) is 0 Å². The summed E-state index contributed by atoms with van der Waals surface area (Å²) in [6.07, 6.45) is 3.02. The second kappa shape index (κ2) is 5.57. The fraction of sp³-hybridized carbons (Fsp3) is 0.0909. The van der Waals surface area contributed by atoms with Gasteiger partial charge in [0.1, 0.15) is 0 Å². The van der Waals surface area contributed by atoms with Gasteiger partial charge in [0, 0.05) is 18.3 Å². The van der Waals surface area contributed by atoms with Gasteiger partial charge in [-0.15, -0.1) is 0 Å². The number of nitrogens with one attached hydrogen (secondary N) is 2. The quantitative estimate of drug-likeness (QED) is 0.447. The standard InChI is InChI=1S/C11H10ClN5O3/c12-9-2-7(17(19)20)1-8(10(9)13)11(18)15-4-6-3-14-5-16-6/h1-3,5H,4,13H2,(H,14,16)(H,15,18). The Bertz CT molecular complexity index is 656. The Labute approximate surface area is 118 Å². The number of H-pyrrole nitrogens is 1. The molecule has 0 bridgehead atoms. The number of nitro groups is 1. The van der Waals surface area contributed by atoms with Crippen molar-refractivity contribution in [2.24, 2.45) is 0 Å². The number of non-ortho nitro benzene ring substituents is 1. The summed E-state index contributed by atoms with van der Waals surface area (Å²) in [5.74, 6) is -0.553. The average Bonchev–Trinajstić information content (AvgIpc) is 2.92. The lowest BCUT2D eigenvalue weighted by molar-refractivity contribution is -0.384. The van der Waals surface area contributed by atoms with Gasteiger partial charge in [-0.1, -0.05) is 11.6 Å². The van der Waals surface area contributed by atoms with Gasteiger partial charge in [0.25, 0.3) is 11.6 Å². The fourth-order valence-electron chi connectivity index (χ4n) is 1.55. The molecule has 1 amide bonds. The minimum absolute atomic E-state index is 0.000576. The Hall–Kier alpha value is -2.61. The van der Waals surface area contributed by atoms with Crippen LogP contribution in [-0.4, -0.2) is 20.8 Å². The first-order chi connectivity index (χ1) is 9.49. The molecule has 1 aromatic carbocycles. The molecule has 0 saturated carbocycles. The van der Waals surface area contributed by atoms with Crippen LogP contribution in [0.2, 0.25) is 5.02 Å². The number of benzene rings is 1. The van der Waals surface area contributed by atoms with Gasteiger partial charge in [-0.3, -0.25) is 14.9 Å². The summed E-state index contributed by atoms with van der Waals surface area (Å²) in [7, 11) is 0. The number of aromatic amines is 1. The summed E-state index contributed by atoms with van der Waals surface area (Å²) >= 11 is 5.78. The van der Waals surface area contributed by atoms with Crippen molar-refractivity contribution < 1.29 is 9.72 Å². The van der Waals surface area contributed by atoms with Crippen LogP contribution in [-0.2, 0) is 6.54 Å². The zero-order chi connectivity index (χ0) is 14.7. The Morgan fingerprint density at radius 1 is 1.55 bits per heavy atom. The van der Waals surface area contributed by atoms with E-state index in [1.165, 1.54) is 6.33 Å². The number of carbonyl (C=O) groups is 1. The average molecular weight is 296 g/mol. The third kappa shape index (κ3) is 2.86. The van der Waals surface area contributed by atoms with Crippen LogP contribution >= 0.6 is 11.6 Å². The molecule has 0 fully saturated rings. The van der Waals surface area contributed by atoms with E-state index in [0.29, 0.717) is 5.69 Å². The van der Waals surface area contributed by atoms with Crippen molar-refractivity contribution in [3.05, 3.63) is 51.1 Å². The van der Waals surface area contributed by atoms with Crippen molar-refractivity contribution in [1.82, 2.24) is 15.3 Å². The topological polar surface area (TPSA) is 127 Å². The van der Waals surface area contributed by atoms with Crippen LogP contribution < -0.4 is 11.1 Å². The van der Waals surface area contributed by atoms with E-state index in [-0.39, 0.29) is 28.5 Å². The number of nitrogen functional groups attached to an aromatic ring is 1. The predicted octanol–water partition coefficient (Wildman–Crippen LogP) is 1.48. The molecular weight excluding hydrogens is 286 g/mol. The molecule has 0 aliphatic heterocycles. The van der Waals surface area contributed by atoms with E-state index in [4.69, 9.17) is 17.3 Å². The minimum atomic E-state index is -0.642. The molecule has 1 aromatic heterocycles. The summed E-state index contributed by atoms with van der Waals surface area (Å²) in [5, 5.41) is 13.3. The van der Waals surface area contributed by atoms with E-state index in [0.717, 1.165) is 12.1 Å². The third-order valence-electron chi connectivity index (χ3n) is 2.56. The normalized spacial score (nSPS) is 10.2. The fourth-order valence-corrected chi connectivity index (χ4v) is 1.76. The lowest BCUT2D eigenvalue weighted by Crippen LogP contribution is -2.24. The van der Waals surface area contributed by atoms with Gasteiger partial charge in [0.2, 0.25) is 0 Å². The highest BCUT2D eigenvalue weighted by Crippen LogP contribution is 2.28. The number of halogens is 1. The van der Waals surface area contributed by atoms with Crippen LogP contribution in [0.3, 0.4) is 0 Å². The summed E-state index contributed by atoms with van der Waals surface area (Å²) < 4.78 is 0. The van der Waals surface area contributed by atoms with Crippen LogP contribution in [0.4, 0.5) is 11.4 Å². The first-order valence-corrected chi connectivity index (χ1v) is 5.85. The second-order valence-corrected chi connectivity index (χ2v) is 4.31. The molecule has 2 aromatic rings. The van der Waals surface area contributed by atoms with Crippen LogP contribution in [0.25, 0.3) is 0 Å². The molecule has 4 N–H and O–H groups in total. The summed E-state index contributed by atoms with van der Waals surface area (Å²) in [5.41, 5.74) is 6.02. The molecule has 0 unspecified atom stereocenters. The van der Waals surface area contributed by atoms with Crippen molar-refractivity contribution in [2.75, 3.05) is 5.73 Å². The number of nitro benzene ring substituents is 1. The van der Waals surface area contributed by atoms with Gasteiger partial charge in [0.05, 0.1) is 39.8 Å². The van der Waals surface area contributed by atoms with Crippen molar-refractivity contribution in [1.29, 1.82) is 0 Å². The van der Waals surface area contributed by atoms with E-state index < -0.39 is 10.8 Å². The number of carbonyl (C=O) groups excluding carboxylic acids is 1. The number of imidazole rings is 1. The van der Waals surface area contributed by atoms with Crippen LogP contribution in [0.15, 0.2) is 24.7 Å². The summed E-state index contributed by atoms with van der Waals surface area (Å²) in [4.78, 5) is 28.7. The zero-order valence-corrected chi connectivity index (χ0v) is 10.8. The molecule has 2 rings (SSSR count).